The van der Waals surface area contributed by atoms with Crippen LogP contribution in [-0.2, 0) is 0 Å². The number of rotatable bonds is 5. The van der Waals surface area contributed by atoms with E-state index < -0.39 is 0 Å². The van der Waals surface area contributed by atoms with Crippen molar-refractivity contribution in [2.45, 2.75) is 39.7 Å². The Morgan fingerprint density at radius 3 is 2.59 bits per heavy atom. The van der Waals surface area contributed by atoms with Crippen LogP contribution in [-0.4, -0.2) is 49.6 Å². The molecule has 0 N–H and O–H groups in total. The highest BCUT2D eigenvalue weighted by molar-refractivity contribution is 5.98. The second-order valence-electron chi connectivity index (χ2n) is 8.63. The van der Waals surface area contributed by atoms with Crippen LogP contribution < -0.4 is 4.74 Å². The van der Waals surface area contributed by atoms with Gasteiger partial charge in [0.05, 0.1) is 36.8 Å². The third kappa shape index (κ3) is 3.93. The van der Waals surface area contributed by atoms with E-state index in [1.54, 1.807) is 19.5 Å². The zero-order valence-corrected chi connectivity index (χ0v) is 19.6. The van der Waals surface area contributed by atoms with Gasteiger partial charge in [-0.1, -0.05) is 5.16 Å². The van der Waals surface area contributed by atoms with Crippen molar-refractivity contribution < 1.29 is 14.1 Å². The van der Waals surface area contributed by atoms with Gasteiger partial charge in [0.2, 0.25) is 0 Å². The highest BCUT2D eigenvalue weighted by Crippen LogP contribution is 2.34. The lowest BCUT2D eigenvalue weighted by molar-refractivity contribution is 0.0728. The lowest BCUT2D eigenvalue weighted by atomic mass is 10.0. The van der Waals surface area contributed by atoms with Gasteiger partial charge in [-0.25, -0.2) is 0 Å². The number of carbonyl (C=O) groups excluding carboxylic acids is 1. The Kier molecular flexibility index (Phi) is 5.61. The average Bonchev–Trinajstić information content (AvgIpc) is 3.60. The van der Waals surface area contributed by atoms with Gasteiger partial charge in [-0.3, -0.25) is 4.79 Å². The monoisotopic (exact) mass is 458 g/mol. The van der Waals surface area contributed by atoms with E-state index in [0.29, 0.717) is 29.5 Å². The molecule has 0 spiro atoms. The van der Waals surface area contributed by atoms with Crippen LogP contribution in [0.3, 0.4) is 0 Å². The highest BCUT2D eigenvalue weighted by atomic mass is 16.5. The molecule has 1 unspecified atom stereocenters. The van der Waals surface area contributed by atoms with Crippen LogP contribution in [0.25, 0.3) is 17.1 Å². The van der Waals surface area contributed by atoms with Gasteiger partial charge in [0.25, 0.3) is 11.8 Å². The van der Waals surface area contributed by atoms with Crippen LogP contribution in [0.15, 0.2) is 47.2 Å². The Morgan fingerprint density at radius 1 is 1.06 bits per heavy atom. The summed E-state index contributed by atoms with van der Waals surface area (Å²) in [6.45, 7) is 6.60. The molecule has 1 aliphatic rings. The number of benzene rings is 2. The van der Waals surface area contributed by atoms with Gasteiger partial charge in [0, 0.05) is 12.1 Å². The van der Waals surface area contributed by atoms with Crippen LogP contribution in [0.2, 0.25) is 0 Å². The van der Waals surface area contributed by atoms with Crippen LogP contribution in [0.4, 0.5) is 0 Å². The molecule has 1 amide bonds. The Balaban J connectivity index is 1.48. The number of likely N-dealkylation sites (tertiary alicyclic amines) is 1. The van der Waals surface area contributed by atoms with E-state index in [2.05, 4.69) is 20.3 Å². The van der Waals surface area contributed by atoms with Crippen LogP contribution in [0, 0.1) is 20.8 Å². The number of hydrogen-bond acceptors (Lipinski definition) is 7. The molecular weight excluding hydrogens is 432 g/mol. The molecule has 0 saturated carbocycles. The molecule has 2 aromatic heterocycles. The molecule has 0 bridgehead atoms. The minimum atomic E-state index is -0.267. The number of aryl methyl sites for hydroxylation is 3. The first-order chi connectivity index (χ1) is 16.4. The fraction of sp³-hybridized carbons (Fsp3) is 0.320. The fourth-order valence-electron chi connectivity index (χ4n) is 4.39. The third-order valence-electron chi connectivity index (χ3n) is 6.26. The first-order valence-corrected chi connectivity index (χ1v) is 11.2. The van der Waals surface area contributed by atoms with Crippen LogP contribution in [0.1, 0.15) is 51.8 Å². The highest BCUT2D eigenvalue weighted by Gasteiger charge is 2.35. The molecule has 5 rings (SSSR count). The molecule has 174 valence electrons. The van der Waals surface area contributed by atoms with Crippen molar-refractivity contribution in [2.24, 2.45) is 0 Å². The van der Waals surface area contributed by atoms with Crippen molar-refractivity contribution in [3.8, 4) is 22.9 Å². The summed E-state index contributed by atoms with van der Waals surface area (Å²) >= 11 is 0. The van der Waals surface area contributed by atoms with E-state index in [-0.39, 0.29) is 11.9 Å². The quantitative estimate of drug-likeness (QED) is 0.441. The Labute approximate surface area is 197 Å². The topological polar surface area (TPSA) is 99.2 Å². The fourth-order valence-corrected chi connectivity index (χ4v) is 4.39. The van der Waals surface area contributed by atoms with E-state index >= 15 is 0 Å². The normalized spacial score (nSPS) is 15.6. The minimum absolute atomic E-state index is 0.0959. The van der Waals surface area contributed by atoms with Crippen molar-refractivity contribution >= 4 is 5.91 Å². The van der Waals surface area contributed by atoms with E-state index in [1.165, 1.54) is 4.80 Å². The predicted octanol–water partition coefficient (Wildman–Crippen LogP) is 4.23. The van der Waals surface area contributed by atoms with Crippen molar-refractivity contribution in [3.63, 3.8) is 0 Å². The van der Waals surface area contributed by atoms with Gasteiger partial charge in [-0.15, -0.1) is 0 Å². The summed E-state index contributed by atoms with van der Waals surface area (Å²) in [6, 6.07) is 9.36. The van der Waals surface area contributed by atoms with E-state index in [1.807, 2.05) is 56.0 Å². The Bertz CT molecular complexity index is 1340. The van der Waals surface area contributed by atoms with Gasteiger partial charge in [-0.2, -0.15) is 20.0 Å². The van der Waals surface area contributed by atoms with Crippen LogP contribution >= 0.6 is 0 Å². The van der Waals surface area contributed by atoms with Gasteiger partial charge < -0.3 is 14.2 Å². The number of nitrogens with zero attached hydrogens (tertiary/aromatic N) is 6. The van der Waals surface area contributed by atoms with Gasteiger partial charge in [0.15, 0.2) is 5.82 Å². The molecule has 0 radical (unpaired) electrons. The van der Waals surface area contributed by atoms with E-state index in [9.17, 15) is 4.79 Å². The Hall–Kier alpha value is -4.01. The molecule has 1 aliphatic heterocycles. The van der Waals surface area contributed by atoms with E-state index in [0.717, 1.165) is 40.8 Å². The van der Waals surface area contributed by atoms with Crippen LogP contribution in [0.5, 0.6) is 5.75 Å². The zero-order chi connectivity index (χ0) is 23.8. The number of methoxy groups -OCH3 is 1. The van der Waals surface area contributed by atoms with Gasteiger partial charge in [-0.05, 0) is 80.6 Å². The van der Waals surface area contributed by atoms with Crippen molar-refractivity contribution in [1.29, 1.82) is 0 Å². The summed E-state index contributed by atoms with van der Waals surface area (Å²) in [6.07, 6.45) is 4.83. The molecular formula is C25H26N6O3. The molecule has 2 aromatic carbocycles. The number of carbonyl (C=O) groups is 1. The van der Waals surface area contributed by atoms with E-state index in [4.69, 9.17) is 9.26 Å². The SMILES string of the molecule is COc1cc(C)cc(-c2nc(C3CCCN3C(=O)c3cc(C)c(C)cc3-n3nccn3)no2)c1. The molecule has 9 heteroatoms. The number of aromatic nitrogens is 5. The first kappa shape index (κ1) is 21.8. The maximum absolute atomic E-state index is 13.8. The second-order valence-corrected chi connectivity index (χ2v) is 8.63. The second kappa shape index (κ2) is 8.74. The zero-order valence-electron chi connectivity index (χ0n) is 19.6. The third-order valence-corrected chi connectivity index (χ3v) is 6.26. The molecule has 0 aliphatic carbocycles. The first-order valence-electron chi connectivity index (χ1n) is 11.2. The molecule has 34 heavy (non-hydrogen) atoms. The summed E-state index contributed by atoms with van der Waals surface area (Å²) < 4.78 is 11.0. The molecule has 9 nitrogen and oxygen atoms in total. The standard InChI is InChI=1S/C25H26N6O3/c1-15-10-18(14-19(11-15)33-4)24-28-23(29-34-24)21-6-5-9-30(21)25(32)20-12-16(2)17(3)13-22(20)31-26-7-8-27-31/h7-8,10-14,21H,5-6,9H2,1-4H3. The lowest BCUT2D eigenvalue weighted by Gasteiger charge is -2.24. The number of ether oxygens (including phenoxy) is 1. The molecule has 3 heterocycles. The summed E-state index contributed by atoms with van der Waals surface area (Å²) in [7, 11) is 1.62. The van der Waals surface area contributed by atoms with Gasteiger partial charge in [0.1, 0.15) is 5.75 Å². The number of hydrogen-bond donors (Lipinski definition) is 0. The predicted molar refractivity (Wildman–Crippen MR) is 125 cm³/mol. The molecule has 1 saturated heterocycles. The van der Waals surface area contributed by atoms with Crippen molar-refractivity contribution in [2.75, 3.05) is 13.7 Å². The van der Waals surface area contributed by atoms with Gasteiger partial charge >= 0.3 is 0 Å². The summed E-state index contributed by atoms with van der Waals surface area (Å²) in [5.74, 6) is 1.54. The molecule has 4 aromatic rings. The maximum Gasteiger partial charge on any atom is 0.258 e. The largest absolute Gasteiger partial charge is 0.497 e. The molecule has 1 fully saturated rings. The summed E-state index contributed by atoms with van der Waals surface area (Å²) in [4.78, 5) is 21.7. The Morgan fingerprint density at radius 2 is 1.82 bits per heavy atom. The average molecular weight is 459 g/mol. The maximum atomic E-state index is 13.8. The summed E-state index contributed by atoms with van der Waals surface area (Å²) in [5, 5.41) is 12.7. The lowest BCUT2D eigenvalue weighted by Crippen LogP contribution is -2.32. The van der Waals surface area contributed by atoms with Crippen molar-refractivity contribution in [1.82, 2.24) is 30.0 Å². The number of amides is 1. The van der Waals surface area contributed by atoms with Crippen molar-refractivity contribution in [3.05, 3.63) is 70.8 Å². The molecule has 1 atom stereocenters. The summed E-state index contributed by atoms with van der Waals surface area (Å²) in [5.41, 5.74) is 5.13. The smallest absolute Gasteiger partial charge is 0.258 e. The minimum Gasteiger partial charge on any atom is -0.497 e.